The molecule has 0 saturated carbocycles. The second kappa shape index (κ2) is 11.9. The van der Waals surface area contributed by atoms with Crippen LogP contribution < -0.4 is 16.0 Å². The summed E-state index contributed by atoms with van der Waals surface area (Å²) in [6.45, 7) is 7.86. The number of amides is 3. The summed E-state index contributed by atoms with van der Waals surface area (Å²) >= 11 is 0. The minimum absolute atomic E-state index is 0.0361. The molecule has 1 atom stereocenters. The molecule has 0 bridgehead atoms. The summed E-state index contributed by atoms with van der Waals surface area (Å²) in [7, 11) is 0. The SMILES string of the molecule is CCOCc1ccc(CNC(=O)[C@H](NC(=O)NCc2ccccc2)C(C)C)cc1. The Bertz CT molecular complexity index is 761. The number of hydrogen-bond donors (Lipinski definition) is 3. The van der Waals surface area contributed by atoms with Crippen LogP contribution in [-0.4, -0.2) is 24.6 Å². The minimum Gasteiger partial charge on any atom is -0.377 e. The zero-order valence-corrected chi connectivity index (χ0v) is 17.4. The smallest absolute Gasteiger partial charge is 0.315 e. The van der Waals surface area contributed by atoms with Gasteiger partial charge in [-0.3, -0.25) is 4.79 Å². The van der Waals surface area contributed by atoms with Gasteiger partial charge in [0, 0.05) is 19.7 Å². The Balaban J connectivity index is 1.82. The molecule has 2 aromatic carbocycles. The van der Waals surface area contributed by atoms with Crippen molar-refractivity contribution in [3.05, 3.63) is 71.3 Å². The second-order valence-corrected chi connectivity index (χ2v) is 7.21. The fraction of sp³-hybridized carbons (Fsp3) is 0.391. The molecule has 3 amide bonds. The van der Waals surface area contributed by atoms with Crippen molar-refractivity contribution in [3.63, 3.8) is 0 Å². The van der Waals surface area contributed by atoms with Crippen molar-refractivity contribution in [1.82, 2.24) is 16.0 Å². The van der Waals surface area contributed by atoms with Crippen LogP contribution in [-0.2, 0) is 29.2 Å². The van der Waals surface area contributed by atoms with Crippen LogP contribution in [0.5, 0.6) is 0 Å². The average molecular weight is 398 g/mol. The molecule has 0 radical (unpaired) electrons. The summed E-state index contributed by atoms with van der Waals surface area (Å²) in [6.07, 6.45) is 0. The molecule has 156 valence electrons. The summed E-state index contributed by atoms with van der Waals surface area (Å²) in [5, 5.41) is 8.48. The van der Waals surface area contributed by atoms with Gasteiger partial charge in [0.25, 0.3) is 0 Å². The summed E-state index contributed by atoms with van der Waals surface area (Å²) in [6, 6.07) is 16.6. The van der Waals surface area contributed by atoms with Crippen LogP contribution in [0, 0.1) is 5.92 Å². The Morgan fingerprint density at radius 3 is 2.07 bits per heavy atom. The number of urea groups is 1. The lowest BCUT2D eigenvalue weighted by molar-refractivity contribution is -0.124. The van der Waals surface area contributed by atoms with Crippen molar-refractivity contribution < 1.29 is 14.3 Å². The van der Waals surface area contributed by atoms with Gasteiger partial charge < -0.3 is 20.7 Å². The number of hydrogen-bond acceptors (Lipinski definition) is 3. The first-order chi connectivity index (χ1) is 14.0. The second-order valence-electron chi connectivity index (χ2n) is 7.21. The fourth-order valence-corrected chi connectivity index (χ4v) is 2.78. The molecule has 0 aromatic heterocycles. The van der Waals surface area contributed by atoms with Gasteiger partial charge in [0.1, 0.15) is 6.04 Å². The number of carbonyl (C=O) groups excluding carboxylic acids is 2. The van der Waals surface area contributed by atoms with E-state index in [1.54, 1.807) is 0 Å². The van der Waals surface area contributed by atoms with E-state index in [1.807, 2.05) is 75.4 Å². The van der Waals surface area contributed by atoms with Crippen LogP contribution in [0.4, 0.5) is 4.79 Å². The van der Waals surface area contributed by atoms with E-state index in [0.29, 0.717) is 26.3 Å². The van der Waals surface area contributed by atoms with E-state index in [9.17, 15) is 9.59 Å². The molecule has 2 rings (SSSR count). The first-order valence-corrected chi connectivity index (χ1v) is 10.0. The molecule has 0 spiro atoms. The van der Waals surface area contributed by atoms with Crippen molar-refractivity contribution in [2.75, 3.05) is 6.61 Å². The molecule has 6 heteroatoms. The maximum absolute atomic E-state index is 12.6. The fourth-order valence-electron chi connectivity index (χ4n) is 2.78. The topological polar surface area (TPSA) is 79.5 Å². The van der Waals surface area contributed by atoms with Gasteiger partial charge in [-0.15, -0.1) is 0 Å². The highest BCUT2D eigenvalue weighted by molar-refractivity contribution is 5.87. The van der Waals surface area contributed by atoms with Crippen LogP contribution in [0.3, 0.4) is 0 Å². The maximum atomic E-state index is 12.6. The van der Waals surface area contributed by atoms with Crippen LogP contribution in [0.25, 0.3) is 0 Å². The molecule has 0 heterocycles. The Morgan fingerprint density at radius 1 is 0.862 bits per heavy atom. The van der Waals surface area contributed by atoms with Crippen LogP contribution in [0.1, 0.15) is 37.5 Å². The molecular formula is C23H31N3O3. The Kier molecular flexibility index (Phi) is 9.18. The van der Waals surface area contributed by atoms with E-state index < -0.39 is 6.04 Å². The Morgan fingerprint density at radius 2 is 1.45 bits per heavy atom. The van der Waals surface area contributed by atoms with Gasteiger partial charge in [-0.25, -0.2) is 4.79 Å². The van der Waals surface area contributed by atoms with Gasteiger partial charge in [-0.05, 0) is 29.5 Å². The zero-order valence-electron chi connectivity index (χ0n) is 17.4. The van der Waals surface area contributed by atoms with E-state index in [0.717, 1.165) is 16.7 Å². The summed E-state index contributed by atoms with van der Waals surface area (Å²) in [4.78, 5) is 24.8. The lowest BCUT2D eigenvalue weighted by Crippen LogP contribution is -2.52. The standard InChI is InChI=1S/C23H31N3O3/c1-4-29-16-20-12-10-19(11-13-20)14-24-22(27)21(17(2)3)26-23(28)25-15-18-8-6-5-7-9-18/h5-13,17,21H,4,14-16H2,1-3H3,(H,24,27)(H2,25,26,28)/t21-/m1/s1. The van der Waals surface area contributed by atoms with Gasteiger partial charge in [0.15, 0.2) is 0 Å². The van der Waals surface area contributed by atoms with Crippen molar-refractivity contribution in [3.8, 4) is 0 Å². The van der Waals surface area contributed by atoms with Gasteiger partial charge >= 0.3 is 6.03 Å². The van der Waals surface area contributed by atoms with E-state index in [1.165, 1.54) is 0 Å². The molecule has 2 aromatic rings. The van der Waals surface area contributed by atoms with Crippen molar-refractivity contribution in [2.24, 2.45) is 5.92 Å². The number of rotatable bonds is 10. The summed E-state index contributed by atoms with van der Waals surface area (Å²) in [5.74, 6) is -0.237. The monoisotopic (exact) mass is 397 g/mol. The number of carbonyl (C=O) groups is 2. The molecule has 3 N–H and O–H groups in total. The van der Waals surface area contributed by atoms with Crippen molar-refractivity contribution in [1.29, 1.82) is 0 Å². The lowest BCUT2D eigenvalue weighted by atomic mass is 10.0. The lowest BCUT2D eigenvalue weighted by Gasteiger charge is -2.22. The van der Waals surface area contributed by atoms with Crippen LogP contribution in [0.15, 0.2) is 54.6 Å². The highest BCUT2D eigenvalue weighted by Crippen LogP contribution is 2.07. The third-order valence-electron chi connectivity index (χ3n) is 4.49. The maximum Gasteiger partial charge on any atom is 0.315 e. The summed E-state index contributed by atoms with van der Waals surface area (Å²) in [5.41, 5.74) is 3.09. The molecule has 0 aliphatic heterocycles. The van der Waals surface area contributed by atoms with Gasteiger partial charge in [-0.2, -0.15) is 0 Å². The van der Waals surface area contributed by atoms with Crippen LogP contribution >= 0.6 is 0 Å². The molecule has 0 aliphatic rings. The molecule has 0 aliphatic carbocycles. The van der Waals surface area contributed by atoms with Crippen molar-refractivity contribution >= 4 is 11.9 Å². The predicted octanol–water partition coefficient (Wildman–Crippen LogP) is 3.36. The first-order valence-electron chi connectivity index (χ1n) is 10.0. The third-order valence-corrected chi connectivity index (χ3v) is 4.49. The Hall–Kier alpha value is -2.86. The minimum atomic E-state index is -0.608. The first kappa shape index (κ1) is 22.4. The van der Waals surface area contributed by atoms with E-state index >= 15 is 0 Å². The highest BCUT2D eigenvalue weighted by Gasteiger charge is 2.23. The molecule has 29 heavy (non-hydrogen) atoms. The third kappa shape index (κ3) is 7.95. The molecule has 0 fully saturated rings. The summed E-state index contributed by atoms with van der Waals surface area (Å²) < 4.78 is 5.38. The van der Waals surface area contributed by atoms with Gasteiger partial charge in [0.2, 0.25) is 5.91 Å². The quantitative estimate of drug-likeness (QED) is 0.575. The molecule has 6 nitrogen and oxygen atoms in total. The molecule has 0 unspecified atom stereocenters. The largest absolute Gasteiger partial charge is 0.377 e. The van der Waals surface area contributed by atoms with E-state index in [-0.39, 0.29) is 17.9 Å². The number of benzene rings is 2. The average Bonchev–Trinajstić information content (AvgIpc) is 2.74. The van der Waals surface area contributed by atoms with Gasteiger partial charge in [0.05, 0.1) is 6.61 Å². The Labute approximate surface area is 173 Å². The molecular weight excluding hydrogens is 366 g/mol. The van der Waals surface area contributed by atoms with E-state index in [2.05, 4.69) is 16.0 Å². The van der Waals surface area contributed by atoms with Crippen LogP contribution in [0.2, 0.25) is 0 Å². The normalized spacial score (nSPS) is 11.7. The van der Waals surface area contributed by atoms with Crippen molar-refractivity contribution in [2.45, 2.75) is 46.5 Å². The predicted molar refractivity (Wildman–Crippen MR) is 114 cm³/mol. The van der Waals surface area contributed by atoms with E-state index in [4.69, 9.17) is 4.74 Å². The number of nitrogens with one attached hydrogen (secondary N) is 3. The highest BCUT2D eigenvalue weighted by atomic mass is 16.5. The number of ether oxygens (including phenoxy) is 1. The van der Waals surface area contributed by atoms with Gasteiger partial charge in [-0.1, -0.05) is 68.4 Å². The molecule has 0 saturated heterocycles. The zero-order chi connectivity index (χ0) is 21.1.